The van der Waals surface area contributed by atoms with E-state index >= 15 is 0 Å². The molecule has 0 unspecified atom stereocenters. The highest BCUT2D eigenvalue weighted by Gasteiger charge is 2.22. The van der Waals surface area contributed by atoms with Crippen LogP contribution in [0.15, 0.2) is 17.0 Å². The summed E-state index contributed by atoms with van der Waals surface area (Å²) in [5, 5.41) is 0. The minimum Gasteiger partial charge on any atom is -0.490 e. The van der Waals surface area contributed by atoms with Crippen LogP contribution in [-0.2, 0) is 9.05 Å². The molecule has 1 heterocycles. The van der Waals surface area contributed by atoms with E-state index in [1.165, 1.54) is 12.8 Å². The molecule has 0 atom stereocenters. The molecule has 1 aliphatic rings. The first-order valence-corrected chi connectivity index (χ1v) is 8.98. The monoisotopic (exact) mass is 339 g/mol. The number of ether oxygens (including phenoxy) is 1. The summed E-state index contributed by atoms with van der Waals surface area (Å²) in [6, 6.07) is 1.97. The van der Waals surface area contributed by atoms with Crippen molar-refractivity contribution in [3.63, 3.8) is 0 Å². The van der Waals surface area contributed by atoms with Gasteiger partial charge in [-0.05, 0) is 44.5 Å². The molecular formula is C13H16ClF2NO3S. The molecule has 1 saturated heterocycles. The molecule has 0 N–H and O–H groups in total. The molecule has 21 heavy (non-hydrogen) atoms. The van der Waals surface area contributed by atoms with E-state index in [9.17, 15) is 17.2 Å². The number of halogens is 3. The van der Waals surface area contributed by atoms with E-state index in [-0.39, 0.29) is 12.4 Å². The lowest BCUT2D eigenvalue weighted by Crippen LogP contribution is -2.22. The van der Waals surface area contributed by atoms with Gasteiger partial charge in [0.1, 0.15) is 4.90 Å². The van der Waals surface area contributed by atoms with Crippen molar-refractivity contribution in [3.8, 4) is 5.75 Å². The van der Waals surface area contributed by atoms with Gasteiger partial charge in [-0.1, -0.05) is 0 Å². The largest absolute Gasteiger partial charge is 0.490 e. The molecule has 1 aromatic rings. The molecule has 2 rings (SSSR count). The molecule has 0 aliphatic carbocycles. The van der Waals surface area contributed by atoms with Crippen LogP contribution in [0.25, 0.3) is 0 Å². The van der Waals surface area contributed by atoms with Crippen molar-refractivity contribution < 1.29 is 21.9 Å². The Labute approximate surface area is 127 Å². The number of hydrogen-bond donors (Lipinski definition) is 0. The Balaban J connectivity index is 1.93. The molecular weight excluding hydrogens is 324 g/mol. The van der Waals surface area contributed by atoms with Gasteiger partial charge < -0.3 is 9.64 Å². The van der Waals surface area contributed by atoms with Crippen molar-refractivity contribution in [2.24, 2.45) is 0 Å². The van der Waals surface area contributed by atoms with Crippen molar-refractivity contribution in [2.75, 3.05) is 26.2 Å². The summed E-state index contributed by atoms with van der Waals surface area (Å²) in [5.41, 5.74) is 0. The van der Waals surface area contributed by atoms with Crippen LogP contribution in [0.4, 0.5) is 8.78 Å². The van der Waals surface area contributed by atoms with Crippen LogP contribution in [0.5, 0.6) is 5.75 Å². The second kappa shape index (κ2) is 6.89. The molecule has 1 aromatic carbocycles. The molecule has 1 aliphatic heterocycles. The Morgan fingerprint density at radius 3 is 2.48 bits per heavy atom. The summed E-state index contributed by atoms with van der Waals surface area (Å²) in [6.45, 7) is 3.20. The van der Waals surface area contributed by atoms with Gasteiger partial charge in [-0.15, -0.1) is 0 Å². The predicted octanol–water partition coefficient (Wildman–Crippen LogP) is 2.76. The second-order valence-electron chi connectivity index (χ2n) is 4.88. The summed E-state index contributed by atoms with van der Waals surface area (Å²) >= 11 is 0. The van der Waals surface area contributed by atoms with Gasteiger partial charge in [-0.25, -0.2) is 12.8 Å². The molecule has 4 nitrogen and oxygen atoms in total. The molecule has 118 valence electrons. The van der Waals surface area contributed by atoms with Crippen LogP contribution < -0.4 is 4.74 Å². The van der Waals surface area contributed by atoms with Crippen molar-refractivity contribution in [1.29, 1.82) is 0 Å². The Kier molecular flexibility index (Phi) is 5.40. The molecule has 0 amide bonds. The Morgan fingerprint density at radius 1 is 1.19 bits per heavy atom. The number of hydrogen-bond acceptors (Lipinski definition) is 4. The molecule has 8 heteroatoms. The van der Waals surface area contributed by atoms with Gasteiger partial charge in [0.05, 0.1) is 6.61 Å². The van der Waals surface area contributed by atoms with Crippen LogP contribution in [-0.4, -0.2) is 39.6 Å². The van der Waals surface area contributed by atoms with Gasteiger partial charge in [-0.3, -0.25) is 0 Å². The number of rotatable bonds is 6. The van der Waals surface area contributed by atoms with Crippen molar-refractivity contribution in [3.05, 3.63) is 23.8 Å². The lowest BCUT2D eigenvalue weighted by atomic mass is 10.3. The third-order valence-corrected chi connectivity index (χ3v) is 4.69. The smallest absolute Gasteiger partial charge is 0.264 e. The lowest BCUT2D eigenvalue weighted by Gasteiger charge is -2.14. The molecule has 0 bridgehead atoms. The summed E-state index contributed by atoms with van der Waals surface area (Å²) in [4.78, 5) is 1.40. The van der Waals surface area contributed by atoms with E-state index in [2.05, 4.69) is 4.90 Å². The number of benzene rings is 1. The SMILES string of the molecule is O=S(=O)(Cl)c1ccc(OCCCN2CCCC2)c(F)c1F. The fourth-order valence-electron chi connectivity index (χ4n) is 2.29. The highest BCUT2D eigenvalue weighted by molar-refractivity contribution is 8.13. The standard InChI is InChI=1S/C13H16ClF2NO3S/c14-21(18,19)11-5-4-10(12(15)13(11)16)20-9-3-8-17-6-1-2-7-17/h4-5H,1-3,6-9H2. The zero-order valence-corrected chi connectivity index (χ0v) is 12.9. The first kappa shape index (κ1) is 16.5. The number of nitrogens with zero attached hydrogens (tertiary/aromatic N) is 1. The topological polar surface area (TPSA) is 46.6 Å². The van der Waals surface area contributed by atoms with Gasteiger partial charge in [0, 0.05) is 17.2 Å². The van der Waals surface area contributed by atoms with Crippen molar-refractivity contribution in [2.45, 2.75) is 24.2 Å². The third kappa shape index (κ3) is 4.28. The van der Waals surface area contributed by atoms with Crippen LogP contribution in [0, 0.1) is 11.6 Å². The van der Waals surface area contributed by atoms with E-state index < -0.39 is 25.6 Å². The fraction of sp³-hybridized carbons (Fsp3) is 0.538. The van der Waals surface area contributed by atoms with Crippen molar-refractivity contribution in [1.82, 2.24) is 4.90 Å². The van der Waals surface area contributed by atoms with Crippen molar-refractivity contribution >= 4 is 19.7 Å². The molecule has 0 saturated carbocycles. The third-order valence-electron chi connectivity index (χ3n) is 3.35. The van der Waals surface area contributed by atoms with Gasteiger partial charge in [-0.2, -0.15) is 4.39 Å². The van der Waals surface area contributed by atoms with E-state index in [0.717, 1.165) is 31.8 Å². The maximum Gasteiger partial charge on any atom is 0.264 e. The quantitative estimate of drug-likeness (QED) is 0.590. The summed E-state index contributed by atoms with van der Waals surface area (Å²) in [5.74, 6) is -3.15. The van der Waals surface area contributed by atoms with Crippen LogP contribution in [0.2, 0.25) is 0 Å². The molecule has 0 radical (unpaired) electrons. The van der Waals surface area contributed by atoms with Crippen LogP contribution >= 0.6 is 10.7 Å². The van der Waals surface area contributed by atoms with E-state index in [1.807, 2.05) is 0 Å². The molecule has 0 spiro atoms. The van der Waals surface area contributed by atoms with E-state index in [1.54, 1.807) is 0 Å². The predicted molar refractivity (Wildman–Crippen MR) is 75.2 cm³/mol. The highest BCUT2D eigenvalue weighted by atomic mass is 35.7. The van der Waals surface area contributed by atoms with Gasteiger partial charge in [0.25, 0.3) is 9.05 Å². The van der Waals surface area contributed by atoms with Gasteiger partial charge in [0.15, 0.2) is 11.6 Å². The number of likely N-dealkylation sites (tertiary alicyclic amines) is 1. The first-order chi connectivity index (χ1) is 9.89. The van der Waals surface area contributed by atoms with E-state index in [4.69, 9.17) is 15.4 Å². The first-order valence-electron chi connectivity index (χ1n) is 6.67. The Bertz CT molecular complexity index is 604. The van der Waals surface area contributed by atoms with Crippen LogP contribution in [0.1, 0.15) is 19.3 Å². The summed E-state index contributed by atoms with van der Waals surface area (Å²) in [7, 11) is 0.693. The van der Waals surface area contributed by atoms with Crippen LogP contribution in [0.3, 0.4) is 0 Å². The average Bonchev–Trinajstić information content (AvgIpc) is 2.91. The zero-order chi connectivity index (χ0) is 15.5. The highest BCUT2D eigenvalue weighted by Crippen LogP contribution is 2.27. The fourth-order valence-corrected chi connectivity index (χ4v) is 3.18. The van der Waals surface area contributed by atoms with Gasteiger partial charge >= 0.3 is 0 Å². The minimum absolute atomic E-state index is 0.236. The van der Waals surface area contributed by atoms with E-state index in [0.29, 0.717) is 6.42 Å². The van der Waals surface area contributed by atoms with Gasteiger partial charge in [0.2, 0.25) is 5.82 Å². The molecule has 1 fully saturated rings. The Morgan fingerprint density at radius 2 is 1.86 bits per heavy atom. The molecule has 0 aromatic heterocycles. The maximum absolute atomic E-state index is 13.7. The summed E-state index contributed by atoms with van der Waals surface area (Å²) in [6.07, 6.45) is 3.07. The average molecular weight is 340 g/mol. The summed E-state index contributed by atoms with van der Waals surface area (Å²) < 4.78 is 54.5. The second-order valence-corrected chi connectivity index (χ2v) is 7.41. The minimum atomic E-state index is -4.31. The normalized spacial score (nSPS) is 16.3. The lowest BCUT2D eigenvalue weighted by molar-refractivity contribution is 0.252. The zero-order valence-electron chi connectivity index (χ0n) is 11.3. The Hall–Kier alpha value is -0.920. The maximum atomic E-state index is 13.7.